The SMILES string of the molecule is CC=O.CNc1ccccc1-c1ccc2c(c1)Oc1ccccc1C2C1CC2CCC(C1)N2CCc1ccccc1. The van der Waals surface area contributed by atoms with Gasteiger partial charge in [-0.1, -0.05) is 78.9 Å². The molecule has 4 nitrogen and oxygen atoms in total. The first kappa shape index (κ1) is 27.3. The van der Waals surface area contributed by atoms with E-state index in [-0.39, 0.29) is 0 Å². The normalized spacial score (nSPS) is 22.4. The van der Waals surface area contributed by atoms with Gasteiger partial charge >= 0.3 is 0 Å². The minimum Gasteiger partial charge on any atom is -0.457 e. The number of ether oxygens (including phenoxy) is 1. The maximum Gasteiger partial charge on any atom is 0.131 e. The van der Waals surface area contributed by atoms with E-state index >= 15 is 0 Å². The Kier molecular flexibility index (Phi) is 8.20. The standard InChI is InChI=1S/C35H36N2O.C2H4O/c1-36-32-13-7-5-11-29(32)25-15-18-31-34(23-25)38-33-14-8-6-12-30(33)35(31)26-21-27-16-17-28(22-26)37(27)20-19-24-9-3-2-4-10-24;1-2-3/h2-15,18,23,26-28,35-36H,16-17,19-22H2,1H3;2H,1H3. The fourth-order valence-corrected chi connectivity index (χ4v) is 7.48. The summed E-state index contributed by atoms with van der Waals surface area (Å²) in [5, 5.41) is 3.35. The van der Waals surface area contributed by atoms with Crippen LogP contribution in [0.25, 0.3) is 11.1 Å². The van der Waals surface area contributed by atoms with Crippen molar-refractivity contribution in [1.29, 1.82) is 0 Å². The molecule has 0 aliphatic carbocycles. The molecule has 3 atom stereocenters. The Balaban J connectivity index is 0.000000967. The fourth-order valence-electron chi connectivity index (χ4n) is 7.48. The molecule has 3 heterocycles. The lowest BCUT2D eigenvalue weighted by molar-refractivity contribution is -0.106. The van der Waals surface area contributed by atoms with E-state index in [0.717, 1.165) is 29.9 Å². The highest BCUT2D eigenvalue weighted by molar-refractivity contribution is 5.79. The molecule has 0 saturated carbocycles. The van der Waals surface area contributed by atoms with Gasteiger partial charge in [-0.2, -0.15) is 0 Å². The Hall–Kier alpha value is -3.89. The van der Waals surface area contributed by atoms with Gasteiger partial charge in [-0.15, -0.1) is 0 Å². The van der Waals surface area contributed by atoms with Crippen molar-refractivity contribution in [2.75, 3.05) is 18.9 Å². The van der Waals surface area contributed by atoms with Gasteiger partial charge in [0.05, 0.1) is 0 Å². The monoisotopic (exact) mass is 544 g/mol. The summed E-state index contributed by atoms with van der Waals surface area (Å²) < 4.78 is 6.58. The van der Waals surface area contributed by atoms with Crippen LogP contribution in [0.3, 0.4) is 0 Å². The molecule has 2 saturated heterocycles. The summed E-state index contributed by atoms with van der Waals surface area (Å²) in [6.07, 6.45) is 7.13. The average molecular weight is 545 g/mol. The largest absolute Gasteiger partial charge is 0.457 e. The average Bonchev–Trinajstić information content (AvgIpc) is 3.25. The van der Waals surface area contributed by atoms with Gasteiger partial charge in [0.25, 0.3) is 0 Å². The van der Waals surface area contributed by atoms with Crippen LogP contribution in [0.2, 0.25) is 0 Å². The number of carbonyl (C=O) groups is 1. The van der Waals surface area contributed by atoms with Crippen LogP contribution < -0.4 is 10.1 Å². The molecule has 1 N–H and O–H groups in total. The van der Waals surface area contributed by atoms with E-state index in [1.54, 1.807) is 0 Å². The first-order valence-corrected chi connectivity index (χ1v) is 15.1. The van der Waals surface area contributed by atoms with E-state index in [0.29, 0.717) is 23.9 Å². The van der Waals surface area contributed by atoms with Crippen molar-refractivity contribution < 1.29 is 9.53 Å². The summed E-state index contributed by atoms with van der Waals surface area (Å²) in [5.74, 6) is 3.08. The van der Waals surface area contributed by atoms with Crippen LogP contribution in [0.5, 0.6) is 11.5 Å². The number of fused-ring (bicyclic) bond motifs is 4. The maximum absolute atomic E-state index is 8.81. The van der Waals surface area contributed by atoms with E-state index in [1.807, 2.05) is 7.05 Å². The molecule has 3 unspecified atom stereocenters. The van der Waals surface area contributed by atoms with Crippen LogP contribution in [0, 0.1) is 5.92 Å². The molecule has 3 aliphatic rings. The zero-order valence-corrected chi connectivity index (χ0v) is 24.1. The Morgan fingerprint density at radius 3 is 2.24 bits per heavy atom. The van der Waals surface area contributed by atoms with Crippen LogP contribution in [-0.4, -0.2) is 36.9 Å². The molecule has 7 rings (SSSR count). The van der Waals surface area contributed by atoms with Gasteiger partial charge in [0.15, 0.2) is 0 Å². The van der Waals surface area contributed by atoms with E-state index in [4.69, 9.17) is 9.53 Å². The van der Waals surface area contributed by atoms with E-state index in [1.165, 1.54) is 67.0 Å². The topological polar surface area (TPSA) is 41.6 Å². The quantitative estimate of drug-likeness (QED) is 0.248. The van der Waals surface area contributed by atoms with Crippen molar-refractivity contribution >= 4 is 12.0 Å². The van der Waals surface area contributed by atoms with Gasteiger partial charge in [-0.05, 0) is 74.3 Å². The number of hydrogen-bond donors (Lipinski definition) is 1. The summed E-state index contributed by atoms with van der Waals surface area (Å²) in [6, 6.07) is 36.5. The molecule has 4 aromatic rings. The lowest BCUT2D eigenvalue weighted by Crippen LogP contribution is -2.45. The number of rotatable bonds is 6. The predicted molar refractivity (Wildman–Crippen MR) is 168 cm³/mol. The second-order valence-corrected chi connectivity index (χ2v) is 11.5. The predicted octanol–water partition coefficient (Wildman–Crippen LogP) is 8.32. The third kappa shape index (κ3) is 5.54. The smallest absolute Gasteiger partial charge is 0.131 e. The van der Waals surface area contributed by atoms with Crippen LogP contribution >= 0.6 is 0 Å². The van der Waals surface area contributed by atoms with Gasteiger partial charge in [0.1, 0.15) is 17.8 Å². The van der Waals surface area contributed by atoms with Gasteiger partial charge in [-0.3, -0.25) is 4.90 Å². The molecular formula is C37H40N2O2. The van der Waals surface area contributed by atoms with Gasteiger partial charge in [0.2, 0.25) is 0 Å². The van der Waals surface area contributed by atoms with Crippen LogP contribution in [0.15, 0.2) is 97.1 Å². The van der Waals surface area contributed by atoms with Crippen molar-refractivity contribution in [3.05, 3.63) is 114 Å². The van der Waals surface area contributed by atoms with Crippen molar-refractivity contribution in [1.82, 2.24) is 4.90 Å². The number of hydrogen-bond acceptors (Lipinski definition) is 4. The van der Waals surface area contributed by atoms with Crippen molar-refractivity contribution in [2.24, 2.45) is 5.92 Å². The number of benzene rings is 4. The van der Waals surface area contributed by atoms with E-state index in [9.17, 15) is 0 Å². The molecule has 0 spiro atoms. The zero-order valence-electron chi connectivity index (χ0n) is 24.1. The Morgan fingerprint density at radius 1 is 0.829 bits per heavy atom. The third-order valence-corrected chi connectivity index (χ3v) is 9.22. The third-order valence-electron chi connectivity index (χ3n) is 9.22. The summed E-state index contributed by atoms with van der Waals surface area (Å²) in [7, 11) is 1.99. The number of nitrogens with one attached hydrogen (secondary N) is 1. The number of aldehydes is 1. The number of carbonyl (C=O) groups excluding carboxylic acids is 1. The molecule has 2 fully saturated rings. The molecule has 4 heteroatoms. The lowest BCUT2D eigenvalue weighted by atomic mass is 9.72. The second-order valence-electron chi connectivity index (χ2n) is 11.5. The highest BCUT2D eigenvalue weighted by atomic mass is 16.5. The van der Waals surface area contributed by atoms with Gasteiger partial charge in [-0.25, -0.2) is 0 Å². The van der Waals surface area contributed by atoms with Gasteiger partial charge in [0, 0.05) is 54.0 Å². The van der Waals surface area contributed by atoms with Crippen molar-refractivity contribution in [3.8, 4) is 22.6 Å². The Morgan fingerprint density at radius 2 is 1.49 bits per heavy atom. The zero-order chi connectivity index (χ0) is 28.2. The number of nitrogens with zero attached hydrogens (tertiary/aromatic N) is 1. The maximum atomic E-state index is 8.81. The molecule has 3 aliphatic heterocycles. The molecule has 2 bridgehead atoms. The Labute approximate surface area is 244 Å². The summed E-state index contributed by atoms with van der Waals surface area (Å²) >= 11 is 0. The Bertz CT molecular complexity index is 1470. The minimum absolute atomic E-state index is 0.392. The van der Waals surface area contributed by atoms with Crippen LogP contribution in [0.1, 0.15) is 55.2 Å². The summed E-state index contributed by atoms with van der Waals surface area (Å²) in [4.78, 5) is 11.6. The number of piperidine rings is 1. The van der Waals surface area contributed by atoms with E-state index < -0.39 is 0 Å². The second kappa shape index (κ2) is 12.3. The minimum atomic E-state index is 0.392. The lowest BCUT2D eigenvalue weighted by Gasteiger charge is -2.43. The number of anilines is 1. The van der Waals surface area contributed by atoms with Crippen molar-refractivity contribution in [3.63, 3.8) is 0 Å². The van der Waals surface area contributed by atoms with Gasteiger partial charge < -0.3 is 14.8 Å². The molecular weight excluding hydrogens is 504 g/mol. The first-order valence-electron chi connectivity index (χ1n) is 15.1. The first-order chi connectivity index (χ1) is 20.2. The van der Waals surface area contributed by atoms with Crippen LogP contribution in [0.4, 0.5) is 5.69 Å². The molecule has 41 heavy (non-hydrogen) atoms. The molecule has 0 radical (unpaired) electrons. The van der Waals surface area contributed by atoms with Crippen LogP contribution in [-0.2, 0) is 11.2 Å². The molecule has 0 aromatic heterocycles. The summed E-state index contributed by atoms with van der Waals surface area (Å²) in [6.45, 7) is 2.63. The highest BCUT2D eigenvalue weighted by Crippen LogP contribution is 2.53. The van der Waals surface area contributed by atoms with Crippen molar-refractivity contribution in [2.45, 2.75) is 57.0 Å². The molecule has 4 aromatic carbocycles. The van der Waals surface area contributed by atoms with E-state index in [2.05, 4.69) is 107 Å². The highest BCUT2D eigenvalue weighted by Gasteiger charge is 2.45. The molecule has 210 valence electrons. The number of para-hydroxylation sites is 2. The molecule has 0 amide bonds. The fraction of sp³-hybridized carbons (Fsp3) is 0.324. The summed E-state index contributed by atoms with van der Waals surface area (Å²) in [5.41, 5.74) is 7.72.